The SMILES string of the molecule is O=C(CCN(CCCN(CCCCO)CCN(CCC(=O)OCCO)CCC(=O)OCCO)CCC(=O)OCCO)OCCO. The molecule has 0 aliphatic heterocycles. The fourth-order valence-corrected chi connectivity index (χ4v) is 4.18. The quantitative estimate of drug-likeness (QED) is 0.0304. The summed E-state index contributed by atoms with van der Waals surface area (Å²) in [5, 5.41) is 44.8. The first-order valence-electron chi connectivity index (χ1n) is 15.6. The van der Waals surface area contributed by atoms with E-state index in [1.807, 2.05) is 9.80 Å². The zero-order chi connectivity index (χ0) is 33.5. The Hall–Kier alpha value is -2.44. The van der Waals surface area contributed by atoms with Gasteiger partial charge in [-0.3, -0.25) is 19.2 Å². The molecule has 16 heteroatoms. The van der Waals surface area contributed by atoms with Crippen LogP contribution in [0.25, 0.3) is 0 Å². The lowest BCUT2D eigenvalue weighted by Crippen LogP contribution is -2.39. The molecule has 0 aromatic heterocycles. The molecule has 0 amide bonds. The zero-order valence-electron chi connectivity index (χ0n) is 26.5. The molecule has 0 heterocycles. The van der Waals surface area contributed by atoms with E-state index < -0.39 is 23.9 Å². The Morgan fingerprint density at radius 3 is 0.956 bits per heavy atom. The van der Waals surface area contributed by atoms with Gasteiger partial charge in [0.25, 0.3) is 0 Å². The normalized spacial score (nSPS) is 11.3. The van der Waals surface area contributed by atoms with Gasteiger partial charge in [-0.1, -0.05) is 0 Å². The van der Waals surface area contributed by atoms with E-state index in [2.05, 4.69) is 4.90 Å². The Morgan fingerprint density at radius 1 is 0.356 bits per heavy atom. The largest absolute Gasteiger partial charge is 0.463 e. The summed E-state index contributed by atoms with van der Waals surface area (Å²) in [5.41, 5.74) is 0. The van der Waals surface area contributed by atoms with E-state index in [1.54, 1.807) is 0 Å². The minimum absolute atomic E-state index is 0.0679. The van der Waals surface area contributed by atoms with Crippen LogP contribution in [0.5, 0.6) is 0 Å². The molecular weight excluding hydrogens is 598 g/mol. The number of hydrogen-bond acceptors (Lipinski definition) is 16. The van der Waals surface area contributed by atoms with Crippen LogP contribution in [0.1, 0.15) is 44.9 Å². The van der Waals surface area contributed by atoms with Gasteiger partial charge in [0.2, 0.25) is 0 Å². The summed E-state index contributed by atoms with van der Waals surface area (Å²) >= 11 is 0. The number of ether oxygens (including phenoxy) is 4. The van der Waals surface area contributed by atoms with E-state index in [-0.39, 0.29) is 85.1 Å². The van der Waals surface area contributed by atoms with Gasteiger partial charge in [0, 0.05) is 45.9 Å². The van der Waals surface area contributed by atoms with Gasteiger partial charge in [-0.15, -0.1) is 0 Å². The molecular formula is C29H55N3O13. The minimum atomic E-state index is -0.461. The number of carbonyl (C=O) groups is 4. The van der Waals surface area contributed by atoms with Gasteiger partial charge in [0.15, 0.2) is 0 Å². The molecule has 5 N–H and O–H groups in total. The Morgan fingerprint density at radius 2 is 0.644 bits per heavy atom. The van der Waals surface area contributed by atoms with Crippen LogP contribution in [-0.4, -0.2) is 182 Å². The lowest BCUT2D eigenvalue weighted by molar-refractivity contribution is -0.146. The molecule has 0 bridgehead atoms. The molecule has 45 heavy (non-hydrogen) atoms. The van der Waals surface area contributed by atoms with Crippen LogP contribution in [0.2, 0.25) is 0 Å². The van der Waals surface area contributed by atoms with Crippen molar-refractivity contribution in [2.75, 3.05) is 118 Å². The number of aliphatic hydroxyl groups is 5. The Balaban J connectivity index is 5.22. The van der Waals surface area contributed by atoms with Crippen molar-refractivity contribution < 1.29 is 63.7 Å². The third-order valence-electron chi connectivity index (χ3n) is 6.51. The van der Waals surface area contributed by atoms with Crippen LogP contribution in [0, 0.1) is 0 Å². The molecule has 0 spiro atoms. The van der Waals surface area contributed by atoms with Crippen molar-refractivity contribution in [1.82, 2.24) is 14.7 Å². The fourth-order valence-electron chi connectivity index (χ4n) is 4.18. The number of unbranched alkanes of at least 4 members (excludes halogenated alkanes) is 1. The molecule has 16 nitrogen and oxygen atoms in total. The van der Waals surface area contributed by atoms with Crippen LogP contribution < -0.4 is 0 Å². The molecule has 0 atom stereocenters. The molecule has 0 unspecified atom stereocenters. The van der Waals surface area contributed by atoms with Crippen LogP contribution in [0.15, 0.2) is 0 Å². The summed E-state index contributed by atoms with van der Waals surface area (Å²) in [6.07, 6.45) is 2.40. The maximum atomic E-state index is 12.0. The second kappa shape index (κ2) is 30.2. The topological polar surface area (TPSA) is 216 Å². The summed E-state index contributed by atoms with van der Waals surface area (Å²) in [4.78, 5) is 54.0. The van der Waals surface area contributed by atoms with Crippen molar-refractivity contribution in [3.8, 4) is 0 Å². The Labute approximate surface area is 265 Å². The van der Waals surface area contributed by atoms with Crippen molar-refractivity contribution in [2.24, 2.45) is 0 Å². The van der Waals surface area contributed by atoms with Crippen molar-refractivity contribution in [2.45, 2.75) is 44.9 Å². The fraction of sp³-hybridized carbons (Fsp3) is 0.862. The van der Waals surface area contributed by atoms with Gasteiger partial charge >= 0.3 is 23.9 Å². The lowest BCUT2D eigenvalue weighted by Gasteiger charge is -2.29. The Bertz CT molecular complexity index is 728. The van der Waals surface area contributed by atoms with Gasteiger partial charge in [-0.05, 0) is 38.9 Å². The van der Waals surface area contributed by atoms with Gasteiger partial charge in [-0.25, -0.2) is 0 Å². The standard InChI is InChI=1S/C29H55N3O13/c33-17-2-1-8-30(15-16-32(13-6-28(40)44-24-20-36)14-7-29(41)45-25-21-37)9-3-10-31(11-4-26(38)42-22-18-34)12-5-27(39)43-23-19-35/h33-37H,1-25H2. The number of rotatable bonds is 31. The zero-order valence-corrected chi connectivity index (χ0v) is 26.5. The average Bonchev–Trinajstić information content (AvgIpc) is 3.04. The predicted octanol–water partition coefficient (Wildman–Crippen LogP) is -2.24. The first-order chi connectivity index (χ1) is 21.8. The molecule has 0 rings (SSSR count). The number of carbonyl (C=O) groups excluding carboxylic acids is 4. The van der Waals surface area contributed by atoms with Crippen molar-refractivity contribution in [3.63, 3.8) is 0 Å². The number of nitrogens with zero attached hydrogens (tertiary/aromatic N) is 3. The van der Waals surface area contributed by atoms with Gasteiger partial charge in [-0.2, -0.15) is 0 Å². The second-order valence-electron chi connectivity index (χ2n) is 10.1. The van der Waals surface area contributed by atoms with E-state index in [9.17, 15) is 24.3 Å². The smallest absolute Gasteiger partial charge is 0.307 e. The number of esters is 4. The average molecular weight is 654 g/mol. The molecule has 0 radical (unpaired) electrons. The van der Waals surface area contributed by atoms with Crippen molar-refractivity contribution in [1.29, 1.82) is 0 Å². The maximum Gasteiger partial charge on any atom is 0.307 e. The molecule has 0 saturated heterocycles. The highest BCUT2D eigenvalue weighted by molar-refractivity contribution is 5.71. The predicted molar refractivity (Wildman–Crippen MR) is 161 cm³/mol. The Kier molecular flexibility index (Phi) is 28.6. The number of aliphatic hydroxyl groups excluding tert-OH is 5. The van der Waals surface area contributed by atoms with E-state index in [0.717, 1.165) is 6.42 Å². The number of hydrogen-bond donors (Lipinski definition) is 5. The second-order valence-corrected chi connectivity index (χ2v) is 10.1. The van der Waals surface area contributed by atoms with E-state index in [0.29, 0.717) is 71.7 Å². The maximum absolute atomic E-state index is 12.0. The highest BCUT2D eigenvalue weighted by Gasteiger charge is 2.16. The van der Waals surface area contributed by atoms with E-state index in [4.69, 9.17) is 39.4 Å². The lowest BCUT2D eigenvalue weighted by atomic mass is 10.2. The van der Waals surface area contributed by atoms with Crippen molar-refractivity contribution in [3.05, 3.63) is 0 Å². The third kappa shape index (κ3) is 26.5. The molecule has 264 valence electrons. The molecule has 0 aromatic carbocycles. The summed E-state index contributed by atoms with van der Waals surface area (Å²) < 4.78 is 19.7. The van der Waals surface area contributed by atoms with Crippen LogP contribution in [-0.2, 0) is 38.1 Å². The van der Waals surface area contributed by atoms with Gasteiger partial charge in [0.1, 0.15) is 26.4 Å². The summed E-state index contributed by atoms with van der Waals surface area (Å²) in [7, 11) is 0. The summed E-state index contributed by atoms with van der Waals surface area (Å²) in [6.45, 7) is 3.05. The van der Waals surface area contributed by atoms with Gasteiger partial charge in [0.05, 0.1) is 52.1 Å². The van der Waals surface area contributed by atoms with Crippen molar-refractivity contribution >= 4 is 23.9 Å². The van der Waals surface area contributed by atoms with E-state index in [1.165, 1.54) is 0 Å². The molecule has 0 aromatic rings. The molecule has 0 aliphatic rings. The molecule has 0 aliphatic carbocycles. The summed E-state index contributed by atoms with van der Waals surface area (Å²) in [6, 6.07) is 0. The molecule has 0 fully saturated rings. The van der Waals surface area contributed by atoms with Crippen LogP contribution in [0.4, 0.5) is 0 Å². The first kappa shape index (κ1) is 42.6. The summed E-state index contributed by atoms with van der Waals surface area (Å²) in [5.74, 6) is -1.83. The molecule has 0 saturated carbocycles. The first-order valence-corrected chi connectivity index (χ1v) is 15.6. The van der Waals surface area contributed by atoms with E-state index >= 15 is 0 Å². The minimum Gasteiger partial charge on any atom is -0.463 e. The van der Waals surface area contributed by atoms with Crippen LogP contribution >= 0.6 is 0 Å². The highest BCUT2D eigenvalue weighted by atomic mass is 16.6. The van der Waals surface area contributed by atoms with Crippen LogP contribution in [0.3, 0.4) is 0 Å². The monoisotopic (exact) mass is 653 g/mol. The van der Waals surface area contributed by atoms with Gasteiger partial charge < -0.3 is 59.2 Å². The third-order valence-corrected chi connectivity index (χ3v) is 6.51. The highest BCUT2D eigenvalue weighted by Crippen LogP contribution is 2.05.